The summed E-state index contributed by atoms with van der Waals surface area (Å²) < 4.78 is 80.8. The third-order valence-electron chi connectivity index (χ3n) is 4.30. The molecule has 0 aliphatic heterocycles. The molecule has 0 bridgehead atoms. The maximum absolute atomic E-state index is 13.5. The van der Waals surface area contributed by atoms with Gasteiger partial charge in [-0.1, -0.05) is 54.6 Å². The van der Waals surface area contributed by atoms with Crippen molar-refractivity contribution in [1.29, 1.82) is 0 Å². The molecule has 0 saturated heterocycles. The van der Waals surface area contributed by atoms with E-state index >= 15 is 0 Å². The van der Waals surface area contributed by atoms with Gasteiger partial charge in [0.15, 0.2) is 0 Å². The summed E-state index contributed by atoms with van der Waals surface area (Å²) in [6.07, 6.45) is -9.25. The first-order chi connectivity index (χ1) is 12.6. The minimum absolute atomic E-state index is 0.111. The molecule has 0 spiro atoms. The minimum atomic E-state index is -4.63. The lowest BCUT2D eigenvalue weighted by Crippen LogP contribution is -2.09. The predicted octanol–water partition coefficient (Wildman–Crippen LogP) is 7.37. The summed E-state index contributed by atoms with van der Waals surface area (Å²) >= 11 is 0. The quantitative estimate of drug-likeness (QED) is 0.407. The maximum Gasteiger partial charge on any atom is 0.417 e. The van der Waals surface area contributed by atoms with Crippen molar-refractivity contribution in [2.24, 2.45) is 0 Å². The van der Waals surface area contributed by atoms with Gasteiger partial charge in [-0.15, -0.1) is 0 Å². The molecule has 0 aliphatic rings. The summed E-state index contributed by atoms with van der Waals surface area (Å²) in [5.41, 5.74) is -1.36. The zero-order valence-corrected chi connectivity index (χ0v) is 14.1. The smallest absolute Gasteiger partial charge is 0.166 e. The van der Waals surface area contributed by atoms with Crippen molar-refractivity contribution in [1.82, 2.24) is 0 Å². The van der Waals surface area contributed by atoms with Crippen LogP contribution >= 0.6 is 0 Å². The average Bonchev–Trinajstić information content (AvgIpc) is 2.60. The topological polar surface area (TPSA) is 0 Å². The first-order valence-electron chi connectivity index (χ1n) is 8.03. The molecule has 140 valence electrons. The van der Waals surface area contributed by atoms with E-state index in [1.54, 1.807) is 13.0 Å². The average molecular weight is 380 g/mol. The van der Waals surface area contributed by atoms with E-state index in [0.29, 0.717) is 5.56 Å². The summed E-state index contributed by atoms with van der Waals surface area (Å²) in [5, 5.41) is 0. The van der Waals surface area contributed by atoms with Crippen molar-refractivity contribution < 1.29 is 26.3 Å². The highest BCUT2D eigenvalue weighted by Gasteiger charge is 2.36. The Labute approximate surface area is 152 Å². The highest BCUT2D eigenvalue weighted by atomic mass is 19.4. The van der Waals surface area contributed by atoms with Gasteiger partial charge < -0.3 is 0 Å². The molecule has 0 saturated carbocycles. The van der Waals surface area contributed by atoms with Gasteiger partial charge in [0, 0.05) is 0 Å². The van der Waals surface area contributed by atoms with Crippen molar-refractivity contribution in [3.05, 3.63) is 83.4 Å². The second-order valence-corrected chi connectivity index (χ2v) is 6.08. The summed E-state index contributed by atoms with van der Waals surface area (Å²) in [4.78, 5) is 0. The zero-order chi connectivity index (χ0) is 19.8. The third-order valence-corrected chi connectivity index (χ3v) is 4.30. The predicted molar refractivity (Wildman–Crippen MR) is 92.1 cm³/mol. The van der Waals surface area contributed by atoms with Crippen molar-refractivity contribution in [2.75, 3.05) is 0 Å². The summed E-state index contributed by atoms with van der Waals surface area (Å²) in [5.74, 6) is 0. The van der Waals surface area contributed by atoms with Crippen molar-refractivity contribution in [2.45, 2.75) is 19.3 Å². The van der Waals surface area contributed by atoms with Crippen LogP contribution in [0.5, 0.6) is 0 Å². The Hall–Kier alpha value is -2.76. The maximum atomic E-state index is 13.5. The van der Waals surface area contributed by atoms with Crippen LogP contribution in [0.15, 0.2) is 66.7 Å². The second kappa shape index (κ2) is 6.76. The molecular weight excluding hydrogens is 366 g/mol. The van der Waals surface area contributed by atoms with Gasteiger partial charge in [0.2, 0.25) is 0 Å². The van der Waals surface area contributed by atoms with Crippen LogP contribution < -0.4 is 0 Å². The number of halogens is 6. The van der Waals surface area contributed by atoms with Gasteiger partial charge in [-0.3, -0.25) is 0 Å². The van der Waals surface area contributed by atoms with E-state index in [9.17, 15) is 26.3 Å². The number of aryl methyl sites for hydroxylation is 1. The summed E-state index contributed by atoms with van der Waals surface area (Å²) in [7, 11) is 0. The number of hydrogen-bond donors (Lipinski definition) is 0. The molecule has 3 aromatic rings. The molecule has 6 heteroatoms. The summed E-state index contributed by atoms with van der Waals surface area (Å²) in [6, 6.07) is 14.3. The number of hydrogen-bond acceptors (Lipinski definition) is 0. The van der Waals surface area contributed by atoms with Crippen LogP contribution in [0.1, 0.15) is 16.7 Å². The van der Waals surface area contributed by atoms with Gasteiger partial charge >= 0.3 is 12.4 Å². The van der Waals surface area contributed by atoms with Gasteiger partial charge in [-0.05, 0) is 46.9 Å². The lowest BCUT2D eigenvalue weighted by Gasteiger charge is -2.20. The van der Waals surface area contributed by atoms with Crippen LogP contribution in [-0.4, -0.2) is 0 Å². The lowest BCUT2D eigenvalue weighted by atomic mass is 9.87. The number of benzene rings is 3. The molecule has 3 rings (SSSR count). The highest BCUT2D eigenvalue weighted by molar-refractivity contribution is 5.88. The highest BCUT2D eigenvalue weighted by Crippen LogP contribution is 2.45. The fraction of sp³-hybridized carbons (Fsp3) is 0.143. The molecule has 0 radical (unpaired) electrons. The van der Waals surface area contributed by atoms with Crippen molar-refractivity contribution >= 4 is 0 Å². The van der Waals surface area contributed by atoms with E-state index in [0.717, 1.165) is 12.1 Å². The SMILES string of the molecule is Cc1cccc(-c2ccccc2C(F)(F)F)c1-c1ccccc1C(F)(F)F. The standard InChI is InChI=1S/C21H14F6/c1-13-7-6-10-15(14-8-2-4-11-17(14)20(22,23)24)19(13)16-9-3-5-12-18(16)21(25,26)27/h2-12H,1H3. The van der Waals surface area contributed by atoms with E-state index < -0.39 is 23.5 Å². The third kappa shape index (κ3) is 3.70. The molecule has 0 N–H and O–H groups in total. The monoisotopic (exact) mass is 380 g/mol. The van der Waals surface area contributed by atoms with Gasteiger partial charge in [-0.25, -0.2) is 0 Å². The van der Waals surface area contributed by atoms with Gasteiger partial charge in [-0.2, -0.15) is 26.3 Å². The number of alkyl halides is 6. The van der Waals surface area contributed by atoms with Crippen LogP contribution in [0.25, 0.3) is 22.3 Å². The van der Waals surface area contributed by atoms with Crippen molar-refractivity contribution in [3.63, 3.8) is 0 Å². The fourth-order valence-corrected chi connectivity index (χ4v) is 3.16. The molecule has 0 amide bonds. The number of rotatable bonds is 2. The molecule has 3 aromatic carbocycles. The second-order valence-electron chi connectivity index (χ2n) is 6.08. The molecule has 0 atom stereocenters. The van der Waals surface area contributed by atoms with E-state index in [1.807, 2.05) is 0 Å². The van der Waals surface area contributed by atoms with Gasteiger partial charge in [0.25, 0.3) is 0 Å². The van der Waals surface area contributed by atoms with Crippen molar-refractivity contribution in [3.8, 4) is 22.3 Å². The molecule has 0 fully saturated rings. The van der Waals surface area contributed by atoms with Crippen LogP contribution in [0.2, 0.25) is 0 Å². The Morgan fingerprint density at radius 2 is 0.963 bits per heavy atom. The van der Waals surface area contributed by atoms with Crippen LogP contribution in [-0.2, 0) is 12.4 Å². The Morgan fingerprint density at radius 1 is 0.519 bits per heavy atom. The van der Waals surface area contributed by atoms with Gasteiger partial charge in [0.05, 0.1) is 11.1 Å². The zero-order valence-electron chi connectivity index (χ0n) is 14.1. The largest absolute Gasteiger partial charge is 0.417 e. The molecule has 0 heterocycles. The molecular formula is C21H14F6. The summed E-state index contributed by atoms with van der Waals surface area (Å²) in [6.45, 7) is 1.59. The Kier molecular flexibility index (Phi) is 4.76. The normalized spacial score (nSPS) is 12.3. The Bertz CT molecular complexity index is 967. The van der Waals surface area contributed by atoms with E-state index in [-0.39, 0.29) is 22.3 Å². The van der Waals surface area contributed by atoms with Crippen LogP contribution in [0.4, 0.5) is 26.3 Å². The lowest BCUT2D eigenvalue weighted by molar-refractivity contribution is -0.138. The molecule has 27 heavy (non-hydrogen) atoms. The van der Waals surface area contributed by atoms with E-state index in [1.165, 1.54) is 48.5 Å². The minimum Gasteiger partial charge on any atom is -0.166 e. The molecule has 0 nitrogen and oxygen atoms in total. The van der Waals surface area contributed by atoms with E-state index in [4.69, 9.17) is 0 Å². The van der Waals surface area contributed by atoms with Crippen LogP contribution in [0, 0.1) is 6.92 Å². The van der Waals surface area contributed by atoms with E-state index in [2.05, 4.69) is 0 Å². The molecule has 0 unspecified atom stereocenters. The van der Waals surface area contributed by atoms with Crippen LogP contribution in [0.3, 0.4) is 0 Å². The Morgan fingerprint density at radius 3 is 1.52 bits per heavy atom. The molecule has 0 aliphatic carbocycles. The Balaban J connectivity index is 2.36. The van der Waals surface area contributed by atoms with Gasteiger partial charge in [0.1, 0.15) is 0 Å². The first-order valence-corrected chi connectivity index (χ1v) is 8.03. The first kappa shape index (κ1) is 19.0. The molecule has 0 aromatic heterocycles. The fourth-order valence-electron chi connectivity index (χ4n) is 3.16.